The number of aromatic nitrogens is 1. The topological polar surface area (TPSA) is 82.5 Å². The second kappa shape index (κ2) is 5.84. The third-order valence-corrected chi connectivity index (χ3v) is 5.85. The zero-order valence-electron chi connectivity index (χ0n) is 13.6. The minimum atomic E-state index is -0.285. The van der Waals surface area contributed by atoms with E-state index in [1.165, 1.54) is 0 Å². The predicted octanol–water partition coefficient (Wildman–Crippen LogP) is 0.963. The van der Waals surface area contributed by atoms with E-state index in [1.54, 1.807) is 24.5 Å². The van der Waals surface area contributed by atoms with Crippen molar-refractivity contribution in [2.75, 3.05) is 13.1 Å². The lowest BCUT2D eigenvalue weighted by molar-refractivity contribution is -0.142. The van der Waals surface area contributed by atoms with E-state index in [1.807, 2.05) is 4.90 Å². The highest BCUT2D eigenvalue weighted by Crippen LogP contribution is 2.49. The molecule has 6 nitrogen and oxygen atoms in total. The Morgan fingerprint density at radius 1 is 1.25 bits per heavy atom. The van der Waals surface area contributed by atoms with Gasteiger partial charge in [0.1, 0.15) is 0 Å². The molecular weight excluding hydrogens is 306 g/mol. The van der Waals surface area contributed by atoms with Gasteiger partial charge in [-0.3, -0.25) is 14.6 Å². The number of amides is 2. The molecule has 2 aliphatic carbocycles. The quantitative estimate of drug-likeness (QED) is 0.865. The smallest absolute Gasteiger partial charge is 0.251 e. The van der Waals surface area contributed by atoms with Crippen LogP contribution in [-0.4, -0.2) is 52.0 Å². The summed E-state index contributed by atoms with van der Waals surface area (Å²) in [7, 11) is 0. The minimum absolute atomic E-state index is 0.0254. The molecule has 3 aliphatic rings. The Morgan fingerprint density at radius 3 is 2.62 bits per heavy atom. The monoisotopic (exact) mass is 329 g/mol. The van der Waals surface area contributed by atoms with Crippen molar-refractivity contribution in [3.8, 4) is 0 Å². The largest absolute Gasteiger partial charge is 0.393 e. The first-order valence-corrected chi connectivity index (χ1v) is 8.72. The number of hydrogen-bond acceptors (Lipinski definition) is 4. The van der Waals surface area contributed by atoms with Crippen molar-refractivity contribution in [2.24, 2.45) is 11.3 Å². The molecule has 3 fully saturated rings. The summed E-state index contributed by atoms with van der Waals surface area (Å²) in [5.74, 6) is 0.186. The maximum atomic E-state index is 12.4. The summed E-state index contributed by atoms with van der Waals surface area (Å²) in [5, 5.41) is 12.4. The molecule has 2 saturated carbocycles. The van der Waals surface area contributed by atoms with Crippen LogP contribution in [0.3, 0.4) is 0 Å². The second-order valence-electron chi connectivity index (χ2n) is 7.65. The fraction of sp³-hybridized carbons (Fsp3) is 0.611. The van der Waals surface area contributed by atoms with Crippen molar-refractivity contribution in [3.63, 3.8) is 0 Å². The van der Waals surface area contributed by atoms with Gasteiger partial charge in [0.15, 0.2) is 0 Å². The fourth-order valence-corrected chi connectivity index (χ4v) is 4.36. The van der Waals surface area contributed by atoms with Crippen LogP contribution in [0.2, 0.25) is 0 Å². The molecule has 1 aromatic heterocycles. The Hall–Kier alpha value is -1.95. The third kappa shape index (κ3) is 2.79. The molecule has 2 amide bonds. The molecular formula is C18H23N3O3. The summed E-state index contributed by atoms with van der Waals surface area (Å²) < 4.78 is 0. The van der Waals surface area contributed by atoms with Crippen LogP contribution < -0.4 is 5.32 Å². The number of rotatable bonds is 3. The Balaban J connectivity index is 1.27. The summed E-state index contributed by atoms with van der Waals surface area (Å²) in [6, 6.07) is 3.63. The third-order valence-electron chi connectivity index (χ3n) is 5.85. The zero-order valence-corrected chi connectivity index (χ0v) is 13.6. The zero-order chi connectivity index (χ0) is 16.7. The van der Waals surface area contributed by atoms with Crippen LogP contribution in [0, 0.1) is 11.3 Å². The van der Waals surface area contributed by atoms with Crippen LogP contribution in [0.25, 0.3) is 0 Å². The molecule has 0 atom stereocenters. The van der Waals surface area contributed by atoms with Crippen molar-refractivity contribution in [1.82, 2.24) is 15.2 Å². The van der Waals surface area contributed by atoms with E-state index in [0.29, 0.717) is 18.4 Å². The van der Waals surface area contributed by atoms with E-state index in [-0.39, 0.29) is 35.3 Å². The number of carbonyl (C=O) groups excluding carboxylic acids is 2. The molecule has 2 heterocycles. The maximum absolute atomic E-state index is 12.4. The maximum Gasteiger partial charge on any atom is 0.251 e. The van der Waals surface area contributed by atoms with Gasteiger partial charge in [0.05, 0.1) is 6.10 Å². The number of likely N-dealkylation sites (tertiary alicyclic amines) is 1. The van der Waals surface area contributed by atoms with Crippen LogP contribution in [0.15, 0.2) is 24.5 Å². The predicted molar refractivity (Wildman–Crippen MR) is 87.1 cm³/mol. The van der Waals surface area contributed by atoms with Crippen LogP contribution in [0.4, 0.5) is 0 Å². The molecule has 0 radical (unpaired) electrons. The standard InChI is InChI=1S/C18H23N3O3/c22-15-7-13(8-15)17(24)21-6-3-18(11-21)9-14(10-18)20-16(23)12-1-4-19-5-2-12/h1-2,4-5,13-15,22H,3,6-11H2,(H,20,23). The molecule has 4 rings (SSSR count). The van der Waals surface area contributed by atoms with E-state index >= 15 is 0 Å². The highest BCUT2D eigenvalue weighted by Gasteiger charge is 2.51. The van der Waals surface area contributed by atoms with E-state index in [0.717, 1.165) is 32.4 Å². The highest BCUT2D eigenvalue weighted by molar-refractivity contribution is 5.94. The normalized spacial score (nSPS) is 34.5. The SMILES string of the molecule is O=C(NC1CC2(CCN(C(=O)C3CC(O)C3)C2)C1)c1ccncc1. The molecule has 1 spiro atoms. The molecule has 1 aliphatic heterocycles. The van der Waals surface area contributed by atoms with Crippen molar-refractivity contribution >= 4 is 11.8 Å². The first kappa shape index (κ1) is 15.6. The molecule has 2 N–H and O–H groups in total. The number of carbonyl (C=O) groups is 2. The Morgan fingerprint density at radius 2 is 1.96 bits per heavy atom. The van der Waals surface area contributed by atoms with Gasteiger partial charge in [-0.15, -0.1) is 0 Å². The van der Waals surface area contributed by atoms with Crippen LogP contribution in [-0.2, 0) is 4.79 Å². The molecule has 0 aromatic carbocycles. The van der Waals surface area contributed by atoms with Crippen LogP contribution in [0.1, 0.15) is 42.5 Å². The number of nitrogens with zero attached hydrogens (tertiary/aromatic N) is 2. The van der Waals surface area contributed by atoms with Crippen molar-refractivity contribution in [1.29, 1.82) is 0 Å². The van der Waals surface area contributed by atoms with Gasteiger partial charge in [-0.05, 0) is 49.7 Å². The van der Waals surface area contributed by atoms with E-state index in [9.17, 15) is 14.7 Å². The molecule has 0 bridgehead atoms. The van der Waals surface area contributed by atoms with Gasteiger partial charge in [0.25, 0.3) is 5.91 Å². The van der Waals surface area contributed by atoms with Gasteiger partial charge in [0, 0.05) is 43.0 Å². The molecule has 0 unspecified atom stereocenters. The van der Waals surface area contributed by atoms with Gasteiger partial charge in [-0.25, -0.2) is 0 Å². The van der Waals surface area contributed by atoms with Crippen LogP contribution >= 0.6 is 0 Å². The molecule has 24 heavy (non-hydrogen) atoms. The number of aliphatic hydroxyl groups is 1. The molecule has 6 heteroatoms. The highest BCUT2D eigenvalue weighted by atomic mass is 16.3. The number of pyridine rings is 1. The Bertz CT molecular complexity index is 636. The first-order chi connectivity index (χ1) is 11.5. The Kier molecular flexibility index (Phi) is 3.79. The average Bonchev–Trinajstić information content (AvgIpc) is 2.97. The molecule has 1 saturated heterocycles. The summed E-state index contributed by atoms with van der Waals surface area (Å²) in [6.45, 7) is 1.62. The van der Waals surface area contributed by atoms with Gasteiger partial charge in [-0.1, -0.05) is 0 Å². The minimum Gasteiger partial charge on any atom is -0.393 e. The van der Waals surface area contributed by atoms with Gasteiger partial charge >= 0.3 is 0 Å². The summed E-state index contributed by atoms with van der Waals surface area (Å²) in [5.41, 5.74) is 0.825. The van der Waals surface area contributed by atoms with Gasteiger partial charge in [0.2, 0.25) is 5.91 Å². The summed E-state index contributed by atoms with van der Waals surface area (Å²) in [6.07, 6.45) is 7.11. The van der Waals surface area contributed by atoms with Gasteiger partial charge in [-0.2, -0.15) is 0 Å². The Labute approximate surface area is 141 Å². The van der Waals surface area contributed by atoms with Crippen LogP contribution in [0.5, 0.6) is 0 Å². The number of hydrogen-bond donors (Lipinski definition) is 2. The second-order valence-corrected chi connectivity index (χ2v) is 7.65. The van der Waals surface area contributed by atoms with Crippen molar-refractivity contribution in [2.45, 2.75) is 44.2 Å². The number of aliphatic hydroxyl groups excluding tert-OH is 1. The van der Waals surface area contributed by atoms with E-state index in [4.69, 9.17) is 0 Å². The molecule has 1 aromatic rings. The lowest BCUT2D eigenvalue weighted by Crippen LogP contribution is -2.52. The van der Waals surface area contributed by atoms with Crippen molar-refractivity contribution in [3.05, 3.63) is 30.1 Å². The lowest BCUT2D eigenvalue weighted by atomic mass is 9.65. The fourth-order valence-electron chi connectivity index (χ4n) is 4.36. The summed E-state index contributed by atoms with van der Waals surface area (Å²) in [4.78, 5) is 30.4. The first-order valence-electron chi connectivity index (χ1n) is 8.72. The van der Waals surface area contributed by atoms with Gasteiger partial charge < -0.3 is 15.3 Å². The average molecular weight is 329 g/mol. The van der Waals surface area contributed by atoms with E-state index in [2.05, 4.69) is 10.3 Å². The molecule has 128 valence electrons. The lowest BCUT2D eigenvalue weighted by Gasteiger charge is -2.45. The number of nitrogens with one attached hydrogen (secondary N) is 1. The van der Waals surface area contributed by atoms with E-state index < -0.39 is 0 Å². The van der Waals surface area contributed by atoms with Crippen molar-refractivity contribution < 1.29 is 14.7 Å². The summed E-state index contributed by atoms with van der Waals surface area (Å²) >= 11 is 0.